The summed E-state index contributed by atoms with van der Waals surface area (Å²) in [6.07, 6.45) is 7.96. The molecule has 0 unspecified atom stereocenters. The largest absolute Gasteiger partial charge is 0.366 e. The van der Waals surface area contributed by atoms with Crippen LogP contribution in [-0.4, -0.2) is 25.8 Å². The molecule has 0 spiro atoms. The van der Waals surface area contributed by atoms with E-state index in [1.54, 1.807) is 49.2 Å². The number of aromatic nitrogens is 4. The number of nitrogens with zero attached hydrogens (tertiary/aromatic N) is 4. The van der Waals surface area contributed by atoms with Gasteiger partial charge in [-0.05, 0) is 6.07 Å². The van der Waals surface area contributed by atoms with Crippen LogP contribution in [0.3, 0.4) is 0 Å². The molecule has 1 amide bonds. The van der Waals surface area contributed by atoms with Crippen molar-refractivity contribution >= 4 is 5.91 Å². The molecule has 1 aromatic carbocycles. The number of amides is 1. The van der Waals surface area contributed by atoms with E-state index < -0.39 is 5.91 Å². The van der Waals surface area contributed by atoms with Gasteiger partial charge in [-0.15, -0.1) is 0 Å². The number of hydrogen-bond donors (Lipinski definition) is 1. The summed E-state index contributed by atoms with van der Waals surface area (Å²) in [5, 5.41) is 0. The molecule has 0 saturated heterocycles. The summed E-state index contributed by atoms with van der Waals surface area (Å²) >= 11 is 0. The smallest absolute Gasteiger partial charge is 0.249 e. The first kappa shape index (κ1) is 12.9. The van der Waals surface area contributed by atoms with E-state index in [1.165, 1.54) is 0 Å². The highest BCUT2D eigenvalue weighted by molar-refractivity contribution is 5.99. The summed E-state index contributed by atoms with van der Waals surface area (Å²) < 4.78 is 0. The molecule has 102 valence electrons. The summed E-state index contributed by atoms with van der Waals surface area (Å²) in [5.41, 5.74) is 8.20. The molecule has 3 rings (SSSR count). The summed E-state index contributed by atoms with van der Waals surface area (Å²) in [4.78, 5) is 28.3. The second kappa shape index (κ2) is 5.46. The predicted octanol–water partition coefficient (Wildman–Crippen LogP) is 1.70. The van der Waals surface area contributed by atoms with E-state index in [-0.39, 0.29) is 0 Å². The van der Waals surface area contributed by atoms with E-state index >= 15 is 0 Å². The van der Waals surface area contributed by atoms with Crippen molar-refractivity contribution in [2.24, 2.45) is 5.73 Å². The van der Waals surface area contributed by atoms with E-state index in [9.17, 15) is 4.79 Å². The molecule has 0 saturated carbocycles. The van der Waals surface area contributed by atoms with E-state index in [0.717, 1.165) is 0 Å². The number of rotatable bonds is 3. The van der Waals surface area contributed by atoms with Crippen LogP contribution in [0, 0.1) is 0 Å². The molecule has 2 heterocycles. The average molecular weight is 277 g/mol. The van der Waals surface area contributed by atoms with Crippen molar-refractivity contribution in [3.05, 3.63) is 60.8 Å². The van der Waals surface area contributed by atoms with E-state index in [2.05, 4.69) is 19.9 Å². The Bertz CT molecular complexity index is 789. The normalized spacial score (nSPS) is 10.3. The van der Waals surface area contributed by atoms with Gasteiger partial charge in [0.25, 0.3) is 0 Å². The van der Waals surface area contributed by atoms with Gasteiger partial charge in [0, 0.05) is 23.5 Å². The van der Waals surface area contributed by atoms with Gasteiger partial charge < -0.3 is 5.73 Å². The maximum absolute atomic E-state index is 11.5. The zero-order valence-electron chi connectivity index (χ0n) is 11.0. The van der Waals surface area contributed by atoms with Crippen LogP contribution < -0.4 is 5.73 Å². The molecule has 2 N–H and O–H groups in total. The van der Waals surface area contributed by atoms with Crippen molar-refractivity contribution < 1.29 is 4.79 Å². The Morgan fingerprint density at radius 3 is 2.43 bits per heavy atom. The van der Waals surface area contributed by atoms with Crippen LogP contribution in [0.2, 0.25) is 0 Å². The SMILES string of the molecule is NC(=O)c1ccccc1-c1cncc(-c2cnccn2)n1. The van der Waals surface area contributed by atoms with E-state index in [1.807, 2.05) is 6.07 Å². The monoisotopic (exact) mass is 277 g/mol. The first-order valence-corrected chi connectivity index (χ1v) is 6.23. The lowest BCUT2D eigenvalue weighted by Gasteiger charge is -2.07. The Morgan fingerprint density at radius 2 is 1.67 bits per heavy atom. The molecule has 6 nitrogen and oxygen atoms in total. The van der Waals surface area contributed by atoms with Gasteiger partial charge in [-0.25, -0.2) is 4.98 Å². The minimum absolute atomic E-state index is 0.406. The number of primary amides is 1. The predicted molar refractivity (Wildman–Crippen MR) is 77.0 cm³/mol. The minimum Gasteiger partial charge on any atom is -0.366 e. The van der Waals surface area contributed by atoms with Gasteiger partial charge in [-0.3, -0.25) is 19.7 Å². The van der Waals surface area contributed by atoms with Gasteiger partial charge in [0.1, 0.15) is 11.4 Å². The molecule has 0 radical (unpaired) electrons. The molecule has 21 heavy (non-hydrogen) atoms. The minimum atomic E-state index is -0.502. The Morgan fingerprint density at radius 1 is 0.905 bits per heavy atom. The first-order chi connectivity index (χ1) is 10.3. The lowest BCUT2D eigenvalue weighted by Crippen LogP contribution is -2.12. The lowest BCUT2D eigenvalue weighted by atomic mass is 10.0. The number of nitrogens with two attached hydrogens (primary N) is 1. The quantitative estimate of drug-likeness (QED) is 0.786. The fourth-order valence-corrected chi connectivity index (χ4v) is 1.97. The third-order valence-electron chi connectivity index (χ3n) is 2.93. The third-order valence-corrected chi connectivity index (χ3v) is 2.93. The first-order valence-electron chi connectivity index (χ1n) is 6.23. The van der Waals surface area contributed by atoms with Gasteiger partial charge in [-0.1, -0.05) is 18.2 Å². The molecule has 0 aliphatic carbocycles. The average Bonchev–Trinajstić information content (AvgIpc) is 2.56. The second-order valence-electron chi connectivity index (χ2n) is 4.29. The molecule has 0 aliphatic rings. The highest BCUT2D eigenvalue weighted by atomic mass is 16.1. The lowest BCUT2D eigenvalue weighted by molar-refractivity contribution is 0.100. The van der Waals surface area contributed by atoms with Crippen molar-refractivity contribution in [1.82, 2.24) is 19.9 Å². The van der Waals surface area contributed by atoms with Crippen molar-refractivity contribution in [2.45, 2.75) is 0 Å². The van der Waals surface area contributed by atoms with Crippen molar-refractivity contribution in [3.8, 4) is 22.6 Å². The van der Waals surface area contributed by atoms with Crippen LogP contribution in [0.4, 0.5) is 0 Å². The summed E-state index contributed by atoms with van der Waals surface area (Å²) in [7, 11) is 0. The van der Waals surface area contributed by atoms with Gasteiger partial charge in [0.2, 0.25) is 5.91 Å². The maximum atomic E-state index is 11.5. The summed E-state index contributed by atoms with van der Waals surface area (Å²) in [6.45, 7) is 0. The van der Waals surface area contributed by atoms with E-state index in [4.69, 9.17) is 5.73 Å². The van der Waals surface area contributed by atoms with Gasteiger partial charge in [0.15, 0.2) is 0 Å². The molecule has 0 fully saturated rings. The fourth-order valence-electron chi connectivity index (χ4n) is 1.97. The molecule has 6 heteroatoms. The molecular weight excluding hydrogens is 266 g/mol. The molecule has 0 atom stereocenters. The van der Waals surface area contributed by atoms with Crippen molar-refractivity contribution in [2.75, 3.05) is 0 Å². The topological polar surface area (TPSA) is 94.7 Å². The van der Waals surface area contributed by atoms with E-state index in [0.29, 0.717) is 28.2 Å². The molecule has 3 aromatic rings. The molecular formula is C15H11N5O. The zero-order valence-corrected chi connectivity index (χ0v) is 11.0. The highest BCUT2D eigenvalue weighted by Gasteiger charge is 2.12. The number of benzene rings is 1. The molecule has 2 aromatic heterocycles. The Labute approximate surface area is 120 Å². The van der Waals surface area contributed by atoms with Gasteiger partial charge in [0.05, 0.1) is 24.3 Å². The van der Waals surface area contributed by atoms with Gasteiger partial charge >= 0.3 is 0 Å². The number of hydrogen-bond acceptors (Lipinski definition) is 5. The third kappa shape index (κ3) is 2.59. The fraction of sp³-hybridized carbons (Fsp3) is 0. The maximum Gasteiger partial charge on any atom is 0.249 e. The van der Waals surface area contributed by atoms with Crippen LogP contribution in [0.25, 0.3) is 22.6 Å². The Kier molecular flexibility index (Phi) is 3.34. The second-order valence-corrected chi connectivity index (χ2v) is 4.29. The highest BCUT2D eigenvalue weighted by Crippen LogP contribution is 2.23. The van der Waals surface area contributed by atoms with Crippen LogP contribution >= 0.6 is 0 Å². The number of carbonyl (C=O) groups is 1. The summed E-state index contributed by atoms with van der Waals surface area (Å²) in [6, 6.07) is 7.01. The van der Waals surface area contributed by atoms with Crippen LogP contribution in [0.5, 0.6) is 0 Å². The van der Waals surface area contributed by atoms with Crippen molar-refractivity contribution in [3.63, 3.8) is 0 Å². The summed E-state index contributed by atoms with van der Waals surface area (Å²) in [5.74, 6) is -0.502. The Balaban J connectivity index is 2.11. The van der Waals surface area contributed by atoms with Crippen LogP contribution in [0.1, 0.15) is 10.4 Å². The molecule has 0 aliphatic heterocycles. The number of carbonyl (C=O) groups excluding carboxylic acids is 1. The van der Waals surface area contributed by atoms with Crippen LogP contribution in [0.15, 0.2) is 55.2 Å². The standard InChI is InChI=1S/C15H11N5O/c16-15(21)11-4-2-1-3-10(11)12-7-18-9-14(20-12)13-8-17-5-6-19-13/h1-9H,(H2,16,21). The Hall–Kier alpha value is -3.15. The zero-order chi connectivity index (χ0) is 14.7. The molecule has 0 bridgehead atoms. The van der Waals surface area contributed by atoms with Gasteiger partial charge in [-0.2, -0.15) is 0 Å². The van der Waals surface area contributed by atoms with Crippen molar-refractivity contribution in [1.29, 1.82) is 0 Å². The van der Waals surface area contributed by atoms with Crippen LogP contribution in [-0.2, 0) is 0 Å².